The second-order valence-corrected chi connectivity index (χ2v) is 5.06. The minimum absolute atomic E-state index is 0.244. The summed E-state index contributed by atoms with van der Waals surface area (Å²) >= 11 is 0. The predicted octanol–water partition coefficient (Wildman–Crippen LogP) is 1.39. The topological polar surface area (TPSA) is 32.3 Å². The number of rotatable bonds is 1. The van der Waals surface area contributed by atoms with E-state index in [1.165, 1.54) is 19.3 Å². The van der Waals surface area contributed by atoms with Crippen molar-refractivity contribution in [2.24, 2.45) is 5.92 Å². The Morgan fingerprint density at radius 3 is 2.40 bits per heavy atom. The lowest BCUT2D eigenvalue weighted by molar-refractivity contribution is -0.141. The van der Waals surface area contributed by atoms with E-state index in [0.717, 1.165) is 19.5 Å². The van der Waals surface area contributed by atoms with Crippen LogP contribution in [0.3, 0.4) is 0 Å². The van der Waals surface area contributed by atoms with Gasteiger partial charge in [0.1, 0.15) is 0 Å². The molecule has 3 atom stereocenters. The van der Waals surface area contributed by atoms with Gasteiger partial charge in [0.2, 0.25) is 5.91 Å². The molecule has 1 N–H and O–H groups in total. The van der Waals surface area contributed by atoms with Crippen molar-refractivity contribution < 1.29 is 4.79 Å². The van der Waals surface area contributed by atoms with Crippen LogP contribution in [-0.4, -0.2) is 36.0 Å². The van der Waals surface area contributed by atoms with Crippen LogP contribution in [0.4, 0.5) is 0 Å². The van der Waals surface area contributed by atoms with E-state index < -0.39 is 0 Å². The van der Waals surface area contributed by atoms with Crippen LogP contribution < -0.4 is 5.32 Å². The maximum Gasteiger partial charge on any atom is 0.227 e. The fourth-order valence-electron chi connectivity index (χ4n) is 2.93. The number of carbonyl (C=O) groups excluding carboxylic acids is 1. The molecule has 2 fully saturated rings. The Labute approximate surface area is 92.2 Å². The van der Waals surface area contributed by atoms with Gasteiger partial charge in [-0.05, 0) is 46.1 Å². The highest BCUT2D eigenvalue weighted by molar-refractivity contribution is 5.80. The van der Waals surface area contributed by atoms with Gasteiger partial charge in [-0.2, -0.15) is 0 Å². The first kappa shape index (κ1) is 10.9. The van der Waals surface area contributed by atoms with Crippen molar-refractivity contribution in [3.8, 4) is 0 Å². The quantitative estimate of drug-likeness (QED) is 0.709. The summed E-state index contributed by atoms with van der Waals surface area (Å²) in [5.74, 6) is 0.632. The van der Waals surface area contributed by atoms with Crippen molar-refractivity contribution in [3.63, 3.8) is 0 Å². The third-order valence-electron chi connectivity index (χ3n) is 3.86. The van der Waals surface area contributed by atoms with Crippen LogP contribution in [0, 0.1) is 5.92 Å². The number of hydrogen-bond donors (Lipinski definition) is 1. The molecule has 2 saturated heterocycles. The van der Waals surface area contributed by atoms with Gasteiger partial charge >= 0.3 is 0 Å². The first-order chi connectivity index (χ1) is 7.20. The van der Waals surface area contributed by atoms with E-state index in [4.69, 9.17) is 0 Å². The summed E-state index contributed by atoms with van der Waals surface area (Å²) in [6, 6.07) is 0.892. The van der Waals surface area contributed by atoms with Gasteiger partial charge in [0.15, 0.2) is 0 Å². The molecule has 0 bridgehead atoms. The smallest absolute Gasteiger partial charge is 0.227 e. The van der Waals surface area contributed by atoms with Crippen molar-refractivity contribution in [3.05, 3.63) is 0 Å². The predicted molar refractivity (Wildman–Crippen MR) is 60.6 cm³/mol. The molecule has 0 aromatic rings. The monoisotopic (exact) mass is 210 g/mol. The zero-order valence-electron chi connectivity index (χ0n) is 9.83. The standard InChI is InChI=1S/C12H22N2O/c1-9-4-3-5-10(2)14(9)12(15)11-6-7-13-8-11/h9-11,13H,3-8H2,1-2H3. The molecule has 2 heterocycles. The average molecular weight is 210 g/mol. The Hall–Kier alpha value is -0.570. The lowest BCUT2D eigenvalue weighted by atomic mass is 9.95. The highest BCUT2D eigenvalue weighted by atomic mass is 16.2. The van der Waals surface area contributed by atoms with E-state index in [9.17, 15) is 4.79 Å². The minimum atomic E-state index is 0.244. The van der Waals surface area contributed by atoms with E-state index in [1.54, 1.807) is 0 Å². The fourth-order valence-corrected chi connectivity index (χ4v) is 2.93. The summed E-state index contributed by atoms with van der Waals surface area (Å²) in [5, 5.41) is 3.27. The number of carbonyl (C=O) groups is 1. The first-order valence-electron chi connectivity index (χ1n) is 6.23. The molecule has 0 aliphatic carbocycles. The van der Waals surface area contributed by atoms with Crippen LogP contribution in [0.1, 0.15) is 39.5 Å². The van der Waals surface area contributed by atoms with Gasteiger partial charge in [-0.15, -0.1) is 0 Å². The van der Waals surface area contributed by atoms with Gasteiger partial charge in [0, 0.05) is 18.6 Å². The van der Waals surface area contributed by atoms with Gasteiger partial charge in [0.25, 0.3) is 0 Å². The fraction of sp³-hybridized carbons (Fsp3) is 0.917. The molecule has 0 radical (unpaired) electrons. The number of hydrogen-bond acceptors (Lipinski definition) is 2. The van der Waals surface area contributed by atoms with Crippen LogP contribution in [0.25, 0.3) is 0 Å². The van der Waals surface area contributed by atoms with Crippen LogP contribution in [0.5, 0.6) is 0 Å². The van der Waals surface area contributed by atoms with Gasteiger partial charge in [-0.1, -0.05) is 0 Å². The largest absolute Gasteiger partial charge is 0.337 e. The summed E-state index contributed by atoms with van der Waals surface area (Å²) in [6.07, 6.45) is 4.65. The van der Waals surface area contributed by atoms with Crippen molar-refractivity contribution in [2.45, 2.75) is 51.6 Å². The van der Waals surface area contributed by atoms with Crippen LogP contribution in [0.15, 0.2) is 0 Å². The molecule has 15 heavy (non-hydrogen) atoms. The summed E-state index contributed by atoms with van der Waals surface area (Å²) in [7, 11) is 0. The lowest BCUT2D eigenvalue weighted by Crippen LogP contribution is -2.50. The molecule has 0 saturated carbocycles. The maximum atomic E-state index is 12.3. The molecule has 0 spiro atoms. The number of nitrogens with zero attached hydrogens (tertiary/aromatic N) is 1. The summed E-state index contributed by atoms with van der Waals surface area (Å²) in [6.45, 7) is 6.27. The summed E-state index contributed by atoms with van der Waals surface area (Å²) in [5.41, 5.74) is 0. The first-order valence-corrected chi connectivity index (χ1v) is 6.23. The zero-order chi connectivity index (χ0) is 10.8. The van der Waals surface area contributed by atoms with Crippen molar-refractivity contribution in [2.75, 3.05) is 13.1 Å². The normalized spacial score (nSPS) is 36.9. The molecule has 3 nitrogen and oxygen atoms in total. The lowest BCUT2D eigenvalue weighted by Gasteiger charge is -2.40. The Balaban J connectivity index is 2.02. The molecular weight excluding hydrogens is 188 g/mol. The van der Waals surface area contributed by atoms with Crippen molar-refractivity contribution in [1.82, 2.24) is 10.2 Å². The number of piperidine rings is 1. The number of amides is 1. The van der Waals surface area contributed by atoms with Gasteiger partial charge in [0.05, 0.1) is 5.92 Å². The van der Waals surface area contributed by atoms with Gasteiger partial charge in [-0.25, -0.2) is 0 Å². The second-order valence-electron chi connectivity index (χ2n) is 5.06. The second kappa shape index (κ2) is 4.52. The van der Waals surface area contributed by atoms with Crippen molar-refractivity contribution >= 4 is 5.91 Å². The molecular formula is C12H22N2O. The Kier molecular flexibility index (Phi) is 3.29. The van der Waals surface area contributed by atoms with Crippen LogP contribution in [-0.2, 0) is 4.79 Å². The number of likely N-dealkylation sites (tertiary alicyclic amines) is 1. The van der Waals surface area contributed by atoms with E-state index in [-0.39, 0.29) is 5.92 Å². The summed E-state index contributed by atoms with van der Waals surface area (Å²) < 4.78 is 0. The number of nitrogens with one attached hydrogen (secondary N) is 1. The molecule has 2 aliphatic heterocycles. The Bertz CT molecular complexity index is 226. The van der Waals surface area contributed by atoms with E-state index in [2.05, 4.69) is 24.1 Å². The van der Waals surface area contributed by atoms with E-state index >= 15 is 0 Å². The molecule has 2 rings (SSSR count). The molecule has 0 aromatic heterocycles. The van der Waals surface area contributed by atoms with Crippen LogP contribution >= 0.6 is 0 Å². The third kappa shape index (κ3) is 2.17. The minimum Gasteiger partial charge on any atom is -0.337 e. The third-order valence-corrected chi connectivity index (χ3v) is 3.86. The molecule has 2 aliphatic rings. The van der Waals surface area contributed by atoms with Gasteiger partial charge in [-0.3, -0.25) is 4.79 Å². The highest BCUT2D eigenvalue weighted by Crippen LogP contribution is 2.25. The Morgan fingerprint density at radius 1 is 1.20 bits per heavy atom. The molecule has 86 valence electrons. The summed E-state index contributed by atoms with van der Waals surface area (Å²) in [4.78, 5) is 14.4. The Morgan fingerprint density at radius 2 is 1.87 bits per heavy atom. The SMILES string of the molecule is CC1CCCC(C)N1C(=O)C1CCNC1. The van der Waals surface area contributed by atoms with E-state index in [1.807, 2.05) is 0 Å². The van der Waals surface area contributed by atoms with Crippen molar-refractivity contribution in [1.29, 1.82) is 0 Å². The highest BCUT2D eigenvalue weighted by Gasteiger charge is 2.34. The molecule has 0 aromatic carbocycles. The average Bonchev–Trinajstić information content (AvgIpc) is 2.69. The van der Waals surface area contributed by atoms with Gasteiger partial charge < -0.3 is 10.2 Å². The maximum absolute atomic E-state index is 12.3. The zero-order valence-corrected chi connectivity index (χ0v) is 9.83. The molecule has 3 unspecified atom stereocenters. The van der Waals surface area contributed by atoms with E-state index in [0.29, 0.717) is 18.0 Å². The van der Waals surface area contributed by atoms with Crippen LogP contribution in [0.2, 0.25) is 0 Å². The molecule has 3 heteroatoms. The molecule has 1 amide bonds.